The highest BCUT2D eigenvalue weighted by Gasteiger charge is 2.41. The van der Waals surface area contributed by atoms with Gasteiger partial charge in [-0.1, -0.05) is 80.4 Å². The lowest BCUT2D eigenvalue weighted by Crippen LogP contribution is -2.25. The summed E-state index contributed by atoms with van der Waals surface area (Å²) in [6.45, 7) is 2.11. The first-order valence-corrected chi connectivity index (χ1v) is 14.1. The molecule has 1 nitrogen and oxygen atoms in total. The van der Waals surface area contributed by atoms with Crippen molar-refractivity contribution < 1.29 is 35.5 Å². The summed E-state index contributed by atoms with van der Waals surface area (Å²) in [6.07, 6.45) is -0.201. The largest absolute Gasteiger partial charge is 0.432 e. The summed E-state index contributed by atoms with van der Waals surface area (Å²) in [5, 5.41) is 0. The Bertz CT molecular complexity index is 1700. The molecule has 0 bridgehead atoms. The van der Waals surface area contributed by atoms with Crippen LogP contribution in [-0.2, 0) is 12.5 Å². The van der Waals surface area contributed by atoms with Crippen molar-refractivity contribution in [2.45, 2.75) is 38.7 Å². The van der Waals surface area contributed by atoms with Gasteiger partial charge in [0.1, 0.15) is 22.9 Å². The fraction of sp³-hybridized carbons (Fsp3) is 0.167. The zero-order valence-electron chi connectivity index (χ0n) is 23.6. The summed E-state index contributed by atoms with van der Waals surface area (Å²) in [5.74, 6) is -7.37. The summed E-state index contributed by atoms with van der Waals surface area (Å²) in [6, 6.07) is 22.4. The van der Waals surface area contributed by atoms with Gasteiger partial charge in [0.05, 0.1) is 0 Å². The number of rotatable bonds is 10. The van der Waals surface area contributed by atoms with Crippen LogP contribution in [0.25, 0.3) is 33.4 Å². The number of aryl methyl sites for hydroxylation is 1. The number of ether oxygens (including phenoxy) is 1. The fourth-order valence-electron chi connectivity index (χ4n) is 4.95. The summed E-state index contributed by atoms with van der Waals surface area (Å²) in [7, 11) is 0. The highest BCUT2D eigenvalue weighted by molar-refractivity contribution is 5.71. The van der Waals surface area contributed by atoms with Gasteiger partial charge in [0.15, 0.2) is 17.5 Å². The summed E-state index contributed by atoms with van der Waals surface area (Å²) >= 11 is 0. The van der Waals surface area contributed by atoms with E-state index in [1.165, 1.54) is 24.3 Å². The third kappa shape index (κ3) is 6.80. The van der Waals surface area contributed by atoms with Crippen LogP contribution in [0.5, 0.6) is 5.75 Å². The number of hydrogen-bond acceptors (Lipinski definition) is 1. The van der Waals surface area contributed by atoms with Crippen LogP contribution in [0.4, 0.5) is 30.7 Å². The Labute approximate surface area is 250 Å². The van der Waals surface area contributed by atoms with Gasteiger partial charge in [-0.25, -0.2) is 22.0 Å². The SMILES string of the molecule is CCCCCc1ccc(-c2cc(F)c(C(F)(F)Oc3ccc(-c4ccc(-c5cc(F)c(F)c(F)c5)cc4)cc3)c(F)c2)cc1. The molecule has 5 aromatic carbocycles. The van der Waals surface area contributed by atoms with E-state index in [-0.39, 0.29) is 16.9 Å². The molecule has 5 aromatic rings. The maximum atomic E-state index is 15.0. The molecule has 0 saturated heterocycles. The summed E-state index contributed by atoms with van der Waals surface area (Å²) in [5.41, 5.74) is 2.01. The topological polar surface area (TPSA) is 9.23 Å². The molecule has 0 unspecified atom stereocenters. The molecular weight excluding hydrogens is 581 g/mol. The van der Waals surface area contributed by atoms with Gasteiger partial charge >= 0.3 is 6.11 Å². The smallest absolute Gasteiger partial charge is 0.429 e. The van der Waals surface area contributed by atoms with E-state index >= 15 is 8.78 Å². The number of benzene rings is 5. The predicted molar refractivity (Wildman–Crippen MR) is 157 cm³/mol. The van der Waals surface area contributed by atoms with Gasteiger partial charge in [-0.05, 0) is 88.2 Å². The second-order valence-corrected chi connectivity index (χ2v) is 10.4. The first-order valence-electron chi connectivity index (χ1n) is 14.1. The molecule has 0 atom stereocenters. The van der Waals surface area contributed by atoms with Gasteiger partial charge in [-0.2, -0.15) is 8.78 Å². The normalized spacial score (nSPS) is 11.5. The Hall–Kier alpha value is -4.59. The van der Waals surface area contributed by atoms with E-state index in [0.29, 0.717) is 22.3 Å². The van der Waals surface area contributed by atoms with E-state index in [0.717, 1.165) is 55.5 Å². The molecule has 0 aliphatic carbocycles. The third-order valence-corrected chi connectivity index (χ3v) is 7.33. The van der Waals surface area contributed by atoms with E-state index in [9.17, 15) is 22.0 Å². The van der Waals surface area contributed by atoms with Crippen molar-refractivity contribution in [2.75, 3.05) is 0 Å². The minimum absolute atomic E-state index is 0.129. The van der Waals surface area contributed by atoms with Crippen molar-refractivity contribution in [2.24, 2.45) is 0 Å². The minimum atomic E-state index is -4.31. The molecule has 226 valence electrons. The van der Waals surface area contributed by atoms with E-state index in [2.05, 4.69) is 6.92 Å². The average Bonchev–Trinajstić information content (AvgIpc) is 3.00. The number of alkyl halides is 2. The first kappa shape index (κ1) is 30.9. The Kier molecular flexibility index (Phi) is 9.09. The van der Waals surface area contributed by atoms with E-state index in [4.69, 9.17) is 4.74 Å². The van der Waals surface area contributed by atoms with Gasteiger partial charge in [0.25, 0.3) is 0 Å². The number of hydrogen-bond donors (Lipinski definition) is 0. The van der Waals surface area contributed by atoms with Crippen LogP contribution < -0.4 is 4.74 Å². The van der Waals surface area contributed by atoms with Gasteiger partial charge in [0, 0.05) is 0 Å². The molecule has 0 aliphatic heterocycles. The zero-order chi connectivity index (χ0) is 31.4. The highest BCUT2D eigenvalue weighted by Crippen LogP contribution is 2.38. The number of unbranched alkanes of at least 4 members (excludes halogenated alkanes) is 2. The van der Waals surface area contributed by atoms with Crippen LogP contribution in [0, 0.1) is 29.1 Å². The van der Waals surface area contributed by atoms with E-state index in [1.807, 2.05) is 12.1 Å². The number of halogens is 7. The first-order chi connectivity index (χ1) is 21.1. The van der Waals surface area contributed by atoms with Crippen LogP contribution in [0.1, 0.15) is 37.3 Å². The van der Waals surface area contributed by atoms with Crippen molar-refractivity contribution in [3.05, 3.63) is 137 Å². The van der Waals surface area contributed by atoms with Crippen LogP contribution in [0.15, 0.2) is 97.1 Å². The molecular formula is C36H27F7O. The fourth-order valence-corrected chi connectivity index (χ4v) is 4.95. The van der Waals surface area contributed by atoms with Gasteiger partial charge in [-0.3, -0.25) is 0 Å². The second-order valence-electron chi connectivity index (χ2n) is 10.4. The zero-order valence-corrected chi connectivity index (χ0v) is 23.6. The summed E-state index contributed by atoms with van der Waals surface area (Å²) < 4.78 is 105. The third-order valence-electron chi connectivity index (χ3n) is 7.33. The van der Waals surface area contributed by atoms with E-state index in [1.54, 1.807) is 36.4 Å². The standard InChI is InChI=1S/C36H27F7O/c1-2-3-4-5-22-6-8-25(9-7-22)27-18-30(37)34(31(38)19-27)36(42,43)44-29-16-14-24(15-17-29)23-10-12-26(13-11-23)28-20-32(39)35(41)33(40)21-28/h6-21H,2-5H2,1H3. The van der Waals surface area contributed by atoms with Crippen LogP contribution >= 0.6 is 0 Å². The molecule has 0 N–H and O–H groups in total. The quantitative estimate of drug-likeness (QED) is 0.0871. The van der Waals surface area contributed by atoms with Gasteiger partial charge < -0.3 is 4.74 Å². The molecule has 0 amide bonds. The molecule has 0 saturated carbocycles. The molecule has 0 radical (unpaired) electrons. The van der Waals surface area contributed by atoms with Crippen molar-refractivity contribution in [3.8, 4) is 39.1 Å². The summed E-state index contributed by atoms with van der Waals surface area (Å²) in [4.78, 5) is 0. The van der Waals surface area contributed by atoms with Crippen molar-refractivity contribution in [1.82, 2.24) is 0 Å². The lowest BCUT2D eigenvalue weighted by molar-refractivity contribution is -0.189. The average molecular weight is 609 g/mol. The van der Waals surface area contributed by atoms with E-state index < -0.39 is 40.8 Å². The Morgan fingerprint density at radius 1 is 0.523 bits per heavy atom. The molecule has 44 heavy (non-hydrogen) atoms. The predicted octanol–water partition coefficient (Wildman–Crippen LogP) is 11.2. The maximum Gasteiger partial charge on any atom is 0.432 e. The molecule has 0 fully saturated rings. The Balaban J connectivity index is 1.29. The molecule has 8 heteroatoms. The molecule has 0 aliphatic rings. The molecule has 0 heterocycles. The monoisotopic (exact) mass is 608 g/mol. The Morgan fingerprint density at radius 2 is 0.932 bits per heavy atom. The minimum Gasteiger partial charge on any atom is -0.429 e. The molecule has 0 aromatic heterocycles. The lowest BCUT2D eigenvalue weighted by atomic mass is 9.99. The van der Waals surface area contributed by atoms with Crippen molar-refractivity contribution >= 4 is 0 Å². The second kappa shape index (κ2) is 13.0. The lowest BCUT2D eigenvalue weighted by Gasteiger charge is -2.20. The molecule has 0 spiro atoms. The maximum absolute atomic E-state index is 15.0. The highest BCUT2D eigenvalue weighted by atomic mass is 19.3. The van der Waals surface area contributed by atoms with Gasteiger partial charge in [0.2, 0.25) is 0 Å². The van der Waals surface area contributed by atoms with Crippen molar-refractivity contribution in [1.29, 1.82) is 0 Å². The van der Waals surface area contributed by atoms with Crippen LogP contribution in [-0.4, -0.2) is 0 Å². The Morgan fingerprint density at radius 3 is 1.41 bits per heavy atom. The van der Waals surface area contributed by atoms with Crippen molar-refractivity contribution in [3.63, 3.8) is 0 Å². The van der Waals surface area contributed by atoms with Crippen LogP contribution in [0.3, 0.4) is 0 Å². The molecule has 5 rings (SSSR count). The van der Waals surface area contributed by atoms with Crippen LogP contribution in [0.2, 0.25) is 0 Å². The van der Waals surface area contributed by atoms with Gasteiger partial charge in [-0.15, -0.1) is 0 Å².